The van der Waals surface area contributed by atoms with Gasteiger partial charge < -0.3 is 94.0 Å². The number of amides is 3. The van der Waals surface area contributed by atoms with Gasteiger partial charge in [-0.2, -0.15) is 20.2 Å². The molecule has 116 heavy (non-hydrogen) atoms. The van der Waals surface area contributed by atoms with Crippen molar-refractivity contribution in [1.82, 2.24) is 45.9 Å². The molecule has 0 bridgehead atoms. The lowest BCUT2D eigenvalue weighted by Gasteiger charge is -2.33. The average molecular weight is 1600 g/mol. The maximum absolute atomic E-state index is 13.1. The van der Waals surface area contributed by atoms with Crippen LogP contribution in [0.2, 0.25) is 0 Å². The molecular formula is C84H99F3N16O13. The largest absolute Gasteiger partial charge is 0.573 e. The fraction of sp³-hybridized carbons (Fsp3) is 0.381. The van der Waals surface area contributed by atoms with E-state index >= 15 is 0 Å². The third kappa shape index (κ3) is 23.4. The summed E-state index contributed by atoms with van der Waals surface area (Å²) in [6.45, 7) is 11.4. The van der Waals surface area contributed by atoms with E-state index in [9.17, 15) is 32.8 Å². The van der Waals surface area contributed by atoms with E-state index in [1.165, 1.54) is 44.6 Å². The molecule has 6 heterocycles. The Hall–Kier alpha value is -13.0. The first kappa shape index (κ1) is 85.5. The summed E-state index contributed by atoms with van der Waals surface area (Å²) in [4.78, 5) is 72.3. The van der Waals surface area contributed by atoms with Crippen LogP contribution >= 0.6 is 0 Å². The normalized spacial score (nSPS) is 15.4. The van der Waals surface area contributed by atoms with Crippen LogP contribution in [0.15, 0.2) is 146 Å². The minimum absolute atomic E-state index is 0.0750. The van der Waals surface area contributed by atoms with Gasteiger partial charge in [0.25, 0.3) is 0 Å². The van der Waals surface area contributed by atoms with Crippen LogP contribution in [0.4, 0.5) is 65.5 Å². The Labute approximate surface area is 672 Å². The maximum atomic E-state index is 13.1. The van der Waals surface area contributed by atoms with E-state index in [1.807, 2.05) is 35.2 Å². The monoisotopic (exact) mass is 1600 g/mol. The Morgan fingerprint density at radius 3 is 1.17 bits per heavy atom. The molecule has 614 valence electrons. The number of nitriles is 1. The summed E-state index contributed by atoms with van der Waals surface area (Å²) in [5.74, 6) is 7.13. The van der Waals surface area contributed by atoms with Crippen LogP contribution < -0.4 is 94.0 Å². The van der Waals surface area contributed by atoms with Crippen LogP contribution in [0.3, 0.4) is 0 Å². The number of nitrogens with zero attached hydrogens (tertiary/aromatic N) is 10. The smallest absolute Gasteiger partial charge is 0.493 e. The lowest BCUT2D eigenvalue weighted by atomic mass is 9.96. The predicted molar refractivity (Wildman–Crippen MR) is 434 cm³/mol. The average Bonchev–Trinajstić information content (AvgIpc) is 0.823. The van der Waals surface area contributed by atoms with Crippen LogP contribution in [0.5, 0.6) is 57.5 Å². The van der Waals surface area contributed by atoms with Gasteiger partial charge in [0.15, 0.2) is 34.5 Å². The summed E-state index contributed by atoms with van der Waals surface area (Å²) < 4.78 is 89.9. The molecule has 3 amide bonds. The van der Waals surface area contributed by atoms with Gasteiger partial charge in [-0.3, -0.25) is 14.4 Å². The minimum atomic E-state index is -4.82. The molecule has 9 aromatic rings. The van der Waals surface area contributed by atoms with E-state index in [-0.39, 0.29) is 29.6 Å². The molecule has 0 aliphatic carbocycles. The summed E-state index contributed by atoms with van der Waals surface area (Å²) in [5, 5.41) is 28.1. The number of rotatable bonds is 29. The molecule has 6 N–H and O–H groups in total. The molecule has 3 aromatic heterocycles. The molecule has 3 aliphatic rings. The Balaban J connectivity index is 0.000000184. The summed E-state index contributed by atoms with van der Waals surface area (Å²) >= 11 is 0. The van der Waals surface area contributed by atoms with Crippen molar-refractivity contribution in [2.75, 3.05) is 134 Å². The van der Waals surface area contributed by atoms with Gasteiger partial charge in [-0.25, -0.2) is 15.0 Å². The van der Waals surface area contributed by atoms with Crippen LogP contribution in [-0.4, -0.2) is 157 Å². The topological polar surface area (TPSA) is 327 Å². The van der Waals surface area contributed by atoms with E-state index in [1.54, 1.807) is 104 Å². The number of carbonyl (C=O) groups is 3. The number of hydrogen-bond acceptors (Lipinski definition) is 26. The summed E-state index contributed by atoms with van der Waals surface area (Å²) in [6.07, 6.45) is 5.06. The van der Waals surface area contributed by atoms with Crippen molar-refractivity contribution in [3.8, 4) is 63.6 Å². The second kappa shape index (κ2) is 41.2. The van der Waals surface area contributed by atoms with E-state index in [2.05, 4.69) is 124 Å². The molecule has 3 saturated heterocycles. The Morgan fingerprint density at radius 2 is 0.836 bits per heavy atom. The van der Waals surface area contributed by atoms with Gasteiger partial charge in [-0.05, 0) is 104 Å². The molecule has 3 fully saturated rings. The van der Waals surface area contributed by atoms with Gasteiger partial charge in [0, 0.05) is 124 Å². The standard InChI is InChI=1S/C29H37N5O4.C28H29F3N6O5.C27H33N5O4/c1-19(2)21-10-8-20(9-11-21)17-31-28(35)22-7-6-14-34(18-22)26-12-13-30-29(33-26)32-23-15-24(36-3)27(38-5)25(16-23)37-4;1-39-22-13-19(14-23(40-2)25(22)41-3)34-27-33-11-10-24(36-27)37-12-4-5-18(16-37)26(38)35-21(15-32)17-6-8-20(9-7-17)42-28(29,30)31;1-18-7-5-8-19(13-18)16-29-26(33)20-9-6-12-32(17-20)24-10-11-28-27(31-24)30-21-14-22(34-2)25(36-4)23(15-21)35-3/h8-13,15-16,19,22H,6-7,14,17-18H2,1-5H3,(H,31,35)(H,30,32,33);6-11,13-14,18,21H,4-5,12,16H2,1-3H3,(H,35,38)(H,33,34,36);5,7-8,10-11,13-15,20H,6,9,12,16-17H2,1-4H3,(H,29,33)(H,28,30,31)/t22-;18-,21?;20-/m000/s1. The van der Waals surface area contributed by atoms with E-state index in [0.717, 1.165) is 73.7 Å². The van der Waals surface area contributed by atoms with Crippen molar-refractivity contribution in [3.63, 3.8) is 0 Å². The fourth-order valence-electron chi connectivity index (χ4n) is 13.6. The lowest BCUT2D eigenvalue weighted by molar-refractivity contribution is -0.274. The van der Waals surface area contributed by atoms with Crippen LogP contribution in [-0.2, 0) is 27.5 Å². The number of halogens is 3. The highest BCUT2D eigenvalue weighted by atomic mass is 19.4. The number of nitrogens with one attached hydrogen (secondary N) is 6. The molecule has 32 heteroatoms. The van der Waals surface area contributed by atoms with E-state index in [0.29, 0.717) is 156 Å². The molecule has 1 unspecified atom stereocenters. The first-order valence-electron chi connectivity index (χ1n) is 37.8. The van der Waals surface area contributed by atoms with E-state index in [4.69, 9.17) is 52.6 Å². The van der Waals surface area contributed by atoms with Crippen LogP contribution in [0, 0.1) is 36.0 Å². The third-order valence-corrected chi connectivity index (χ3v) is 19.6. The number of benzene rings is 6. The highest BCUT2D eigenvalue weighted by Gasteiger charge is 2.34. The zero-order chi connectivity index (χ0) is 82.8. The molecule has 4 atom stereocenters. The quantitative estimate of drug-likeness (QED) is 0.0254. The SMILES string of the molecule is COc1cc(Nc2nccc(N3CCC[C@H](C(=O)NC(C#N)c4ccc(OC(F)(F)F)cc4)C3)n2)cc(OC)c1OC.COc1cc(Nc2nccc(N3CCC[C@H](C(=O)NCc4ccc(C(C)C)cc4)C3)n2)cc(OC)c1OC.COc1cc(Nc2nccc(N3CCC[C@H](C(=O)NCc4cccc(C)c4)C3)n2)cc(OC)c1OC. The van der Waals surface area contributed by atoms with Gasteiger partial charge in [0.2, 0.25) is 52.8 Å². The van der Waals surface area contributed by atoms with Gasteiger partial charge >= 0.3 is 6.36 Å². The summed E-state index contributed by atoms with van der Waals surface area (Å²) in [7, 11) is 14.0. The molecule has 0 spiro atoms. The Kier molecular flexibility index (Phi) is 30.4. The van der Waals surface area contributed by atoms with Crippen molar-refractivity contribution in [3.05, 3.63) is 174 Å². The first-order valence-corrected chi connectivity index (χ1v) is 37.8. The number of aromatic nitrogens is 6. The van der Waals surface area contributed by atoms with Gasteiger partial charge in [-0.1, -0.05) is 80.1 Å². The van der Waals surface area contributed by atoms with Crippen LogP contribution in [0.1, 0.15) is 92.1 Å². The van der Waals surface area contributed by atoms with Crippen molar-refractivity contribution < 1.29 is 74.9 Å². The van der Waals surface area contributed by atoms with Crippen molar-refractivity contribution >= 4 is 70.1 Å². The number of piperidine rings is 3. The number of aryl methyl sites for hydroxylation is 1. The number of anilines is 9. The zero-order valence-electron chi connectivity index (χ0n) is 67.1. The minimum Gasteiger partial charge on any atom is -0.493 e. The number of methoxy groups -OCH3 is 9. The van der Waals surface area contributed by atoms with Crippen LogP contribution in [0.25, 0.3) is 0 Å². The zero-order valence-corrected chi connectivity index (χ0v) is 67.1. The molecule has 0 radical (unpaired) electrons. The van der Waals surface area contributed by atoms with Crippen molar-refractivity contribution in [1.29, 1.82) is 5.26 Å². The van der Waals surface area contributed by atoms with Crippen molar-refractivity contribution in [2.45, 2.75) is 90.7 Å². The molecule has 12 rings (SSSR count). The van der Waals surface area contributed by atoms with Gasteiger partial charge in [0.05, 0.1) is 87.8 Å². The number of alkyl halides is 3. The third-order valence-electron chi connectivity index (χ3n) is 19.6. The van der Waals surface area contributed by atoms with E-state index < -0.39 is 24.1 Å². The number of hydrogen-bond donors (Lipinski definition) is 6. The number of carbonyl (C=O) groups excluding carboxylic acids is 3. The van der Waals surface area contributed by atoms with Gasteiger partial charge in [-0.15, -0.1) is 13.2 Å². The molecule has 6 aromatic carbocycles. The fourth-order valence-corrected chi connectivity index (χ4v) is 13.6. The number of ether oxygens (including phenoxy) is 10. The molecule has 29 nitrogen and oxygen atoms in total. The molecular weight excluding hydrogens is 1500 g/mol. The maximum Gasteiger partial charge on any atom is 0.573 e. The highest BCUT2D eigenvalue weighted by molar-refractivity contribution is 5.81. The summed E-state index contributed by atoms with van der Waals surface area (Å²) in [5.41, 5.74) is 7.05. The molecule has 0 saturated carbocycles. The summed E-state index contributed by atoms with van der Waals surface area (Å²) in [6, 6.07) is 38.5. The van der Waals surface area contributed by atoms with Crippen molar-refractivity contribution in [2.24, 2.45) is 17.8 Å². The molecule has 3 aliphatic heterocycles. The highest BCUT2D eigenvalue weighted by Crippen LogP contribution is 2.44. The van der Waals surface area contributed by atoms with Gasteiger partial charge in [0.1, 0.15) is 29.2 Å². The first-order chi connectivity index (χ1) is 56.0. The lowest BCUT2D eigenvalue weighted by Crippen LogP contribution is -2.44. The second-order valence-corrected chi connectivity index (χ2v) is 27.7. The Morgan fingerprint density at radius 1 is 0.474 bits per heavy atom. The second-order valence-electron chi connectivity index (χ2n) is 27.7. The predicted octanol–water partition coefficient (Wildman–Crippen LogP) is 13.7. The Bertz CT molecular complexity index is 4740.